The molecule has 1 heterocycles. The van der Waals surface area contributed by atoms with Crippen molar-refractivity contribution in [2.45, 2.75) is 24.3 Å². The highest BCUT2D eigenvalue weighted by Crippen LogP contribution is 2.16. The van der Waals surface area contributed by atoms with Crippen LogP contribution >= 0.6 is 0 Å². The maximum atomic E-state index is 13.2. The summed E-state index contributed by atoms with van der Waals surface area (Å²) in [6.07, 6.45) is 4.56. The smallest absolute Gasteiger partial charge is 0.240 e. The summed E-state index contributed by atoms with van der Waals surface area (Å²) in [5, 5.41) is 0. The molecule has 114 valence electrons. The van der Waals surface area contributed by atoms with E-state index in [9.17, 15) is 12.8 Å². The molecule has 0 radical (unpaired) electrons. The predicted octanol–water partition coefficient (Wildman–Crippen LogP) is 0.919. The van der Waals surface area contributed by atoms with Gasteiger partial charge >= 0.3 is 0 Å². The van der Waals surface area contributed by atoms with E-state index in [0.717, 1.165) is 11.9 Å². The number of aryl methyl sites for hydroxylation is 1. The summed E-state index contributed by atoms with van der Waals surface area (Å²) in [5.41, 5.74) is 5.87. The number of aromatic amines is 1. The molecule has 2 aromatic rings. The van der Waals surface area contributed by atoms with Crippen LogP contribution in [-0.4, -0.2) is 24.9 Å². The molecular formula is C13H17FN4O2S. The zero-order valence-electron chi connectivity index (χ0n) is 11.3. The van der Waals surface area contributed by atoms with Crippen molar-refractivity contribution < 1.29 is 12.8 Å². The molecule has 6 nitrogen and oxygen atoms in total. The van der Waals surface area contributed by atoms with Crippen LogP contribution in [0.25, 0.3) is 0 Å². The Labute approximate surface area is 122 Å². The monoisotopic (exact) mass is 312 g/mol. The maximum absolute atomic E-state index is 13.2. The van der Waals surface area contributed by atoms with Gasteiger partial charge in [0.05, 0.1) is 4.90 Å². The van der Waals surface area contributed by atoms with E-state index in [0.29, 0.717) is 18.4 Å². The number of sulfonamides is 1. The summed E-state index contributed by atoms with van der Waals surface area (Å²) >= 11 is 0. The second-order valence-electron chi connectivity index (χ2n) is 4.49. The van der Waals surface area contributed by atoms with Gasteiger partial charge in [0.25, 0.3) is 0 Å². The van der Waals surface area contributed by atoms with E-state index in [-0.39, 0.29) is 18.0 Å². The third-order valence-corrected chi connectivity index (χ3v) is 4.52. The second kappa shape index (κ2) is 6.79. The first kappa shape index (κ1) is 15.6. The van der Waals surface area contributed by atoms with Gasteiger partial charge in [0.2, 0.25) is 10.0 Å². The molecule has 0 saturated heterocycles. The number of aromatic nitrogens is 2. The second-order valence-corrected chi connectivity index (χ2v) is 6.23. The predicted molar refractivity (Wildman–Crippen MR) is 76.4 cm³/mol. The SMILES string of the molecule is NCc1ccc(F)cc1S(=O)(=O)NCCCc1ncc[nH]1. The number of nitrogens with one attached hydrogen (secondary N) is 2. The zero-order valence-corrected chi connectivity index (χ0v) is 12.2. The van der Waals surface area contributed by atoms with Crippen LogP contribution in [-0.2, 0) is 23.0 Å². The number of rotatable bonds is 7. The number of benzene rings is 1. The highest BCUT2D eigenvalue weighted by Gasteiger charge is 2.18. The minimum atomic E-state index is -3.77. The van der Waals surface area contributed by atoms with E-state index in [1.165, 1.54) is 12.1 Å². The standard InChI is InChI=1S/C13H17FN4O2S/c14-11-4-3-10(9-15)12(8-11)21(19,20)18-5-1-2-13-16-6-7-17-13/h3-4,6-8,18H,1-2,5,9,15H2,(H,16,17). The maximum Gasteiger partial charge on any atom is 0.240 e. The Hall–Kier alpha value is -1.77. The summed E-state index contributed by atoms with van der Waals surface area (Å²) < 4.78 is 40.0. The fourth-order valence-electron chi connectivity index (χ4n) is 1.92. The van der Waals surface area contributed by atoms with E-state index >= 15 is 0 Å². The molecule has 0 aliphatic carbocycles. The van der Waals surface area contributed by atoms with Crippen molar-refractivity contribution in [2.24, 2.45) is 5.73 Å². The summed E-state index contributed by atoms with van der Waals surface area (Å²) in [7, 11) is -3.77. The Morgan fingerprint density at radius 3 is 2.86 bits per heavy atom. The summed E-state index contributed by atoms with van der Waals surface area (Å²) in [6.45, 7) is 0.270. The van der Waals surface area contributed by atoms with Crippen molar-refractivity contribution >= 4 is 10.0 Å². The molecule has 0 amide bonds. The average Bonchev–Trinajstić information content (AvgIpc) is 2.97. The van der Waals surface area contributed by atoms with Crippen molar-refractivity contribution in [3.8, 4) is 0 Å². The van der Waals surface area contributed by atoms with Crippen LogP contribution in [0.1, 0.15) is 17.8 Å². The lowest BCUT2D eigenvalue weighted by Crippen LogP contribution is -2.26. The number of halogens is 1. The van der Waals surface area contributed by atoms with Gasteiger partial charge in [-0.1, -0.05) is 6.07 Å². The number of hydrogen-bond acceptors (Lipinski definition) is 4. The van der Waals surface area contributed by atoms with Crippen LogP contribution in [0, 0.1) is 5.82 Å². The zero-order chi connectivity index (χ0) is 15.3. The largest absolute Gasteiger partial charge is 0.349 e. The van der Waals surface area contributed by atoms with E-state index in [1.807, 2.05) is 0 Å². The van der Waals surface area contributed by atoms with Gasteiger partial charge in [-0.15, -0.1) is 0 Å². The molecule has 0 bridgehead atoms. The Bertz CT molecular complexity index is 686. The number of nitrogens with zero attached hydrogens (tertiary/aromatic N) is 1. The first-order valence-electron chi connectivity index (χ1n) is 6.49. The van der Waals surface area contributed by atoms with E-state index in [1.54, 1.807) is 12.4 Å². The first-order valence-corrected chi connectivity index (χ1v) is 7.97. The van der Waals surface area contributed by atoms with Gasteiger partial charge < -0.3 is 10.7 Å². The molecule has 0 unspecified atom stereocenters. The molecule has 0 fully saturated rings. The Balaban J connectivity index is 1.99. The van der Waals surface area contributed by atoms with Gasteiger partial charge in [-0.25, -0.2) is 22.5 Å². The Kier molecular flexibility index (Phi) is 5.05. The molecule has 0 spiro atoms. The molecule has 4 N–H and O–H groups in total. The van der Waals surface area contributed by atoms with Crippen LogP contribution in [0.15, 0.2) is 35.5 Å². The van der Waals surface area contributed by atoms with Gasteiger partial charge in [0.15, 0.2) is 0 Å². The van der Waals surface area contributed by atoms with E-state index in [4.69, 9.17) is 5.73 Å². The summed E-state index contributed by atoms with van der Waals surface area (Å²) in [6, 6.07) is 3.56. The first-order chi connectivity index (χ1) is 10.0. The minimum Gasteiger partial charge on any atom is -0.349 e. The average molecular weight is 312 g/mol. The third-order valence-electron chi connectivity index (χ3n) is 2.98. The van der Waals surface area contributed by atoms with E-state index in [2.05, 4.69) is 14.7 Å². The molecule has 2 rings (SSSR count). The molecule has 21 heavy (non-hydrogen) atoms. The lowest BCUT2D eigenvalue weighted by Gasteiger charge is -2.10. The number of H-pyrrole nitrogens is 1. The molecule has 0 atom stereocenters. The number of imidazole rings is 1. The van der Waals surface area contributed by atoms with Gasteiger partial charge in [-0.05, 0) is 24.1 Å². The molecule has 0 aliphatic rings. The van der Waals surface area contributed by atoms with Crippen molar-refractivity contribution in [1.82, 2.24) is 14.7 Å². The van der Waals surface area contributed by atoms with Crippen LogP contribution in [0.2, 0.25) is 0 Å². The van der Waals surface area contributed by atoms with Crippen LogP contribution in [0.3, 0.4) is 0 Å². The van der Waals surface area contributed by atoms with Crippen LogP contribution in [0.4, 0.5) is 4.39 Å². The highest BCUT2D eigenvalue weighted by atomic mass is 32.2. The summed E-state index contributed by atoms with van der Waals surface area (Å²) in [5.74, 6) is 0.186. The fourth-order valence-corrected chi connectivity index (χ4v) is 3.25. The molecule has 1 aromatic carbocycles. The molecular weight excluding hydrogens is 295 g/mol. The van der Waals surface area contributed by atoms with Gasteiger partial charge in [0, 0.05) is 31.9 Å². The molecule has 1 aromatic heterocycles. The topological polar surface area (TPSA) is 101 Å². The normalized spacial score (nSPS) is 11.7. The highest BCUT2D eigenvalue weighted by molar-refractivity contribution is 7.89. The lowest BCUT2D eigenvalue weighted by molar-refractivity contribution is 0.573. The van der Waals surface area contributed by atoms with Crippen molar-refractivity contribution in [1.29, 1.82) is 0 Å². The molecule has 8 heteroatoms. The molecule has 0 aliphatic heterocycles. The Morgan fingerprint density at radius 2 is 2.19 bits per heavy atom. The van der Waals surface area contributed by atoms with E-state index < -0.39 is 15.8 Å². The van der Waals surface area contributed by atoms with Gasteiger partial charge in [0.1, 0.15) is 11.6 Å². The molecule has 0 saturated carbocycles. The summed E-state index contributed by atoms with van der Waals surface area (Å²) in [4.78, 5) is 6.88. The number of hydrogen-bond donors (Lipinski definition) is 3. The van der Waals surface area contributed by atoms with Gasteiger partial charge in [-0.3, -0.25) is 0 Å². The fraction of sp³-hybridized carbons (Fsp3) is 0.308. The minimum absolute atomic E-state index is 0.0307. The quantitative estimate of drug-likeness (QED) is 0.662. The van der Waals surface area contributed by atoms with Crippen LogP contribution < -0.4 is 10.5 Å². The van der Waals surface area contributed by atoms with Crippen molar-refractivity contribution in [3.63, 3.8) is 0 Å². The van der Waals surface area contributed by atoms with Gasteiger partial charge in [-0.2, -0.15) is 0 Å². The van der Waals surface area contributed by atoms with Crippen molar-refractivity contribution in [2.75, 3.05) is 6.54 Å². The van der Waals surface area contributed by atoms with Crippen LogP contribution in [0.5, 0.6) is 0 Å². The Morgan fingerprint density at radius 1 is 1.38 bits per heavy atom. The third kappa shape index (κ3) is 4.10. The number of nitrogens with two attached hydrogens (primary N) is 1. The van der Waals surface area contributed by atoms with Crippen molar-refractivity contribution in [3.05, 3.63) is 47.8 Å². The lowest BCUT2D eigenvalue weighted by atomic mass is 10.2.